The van der Waals surface area contributed by atoms with Crippen LogP contribution in [-0.4, -0.2) is 27.8 Å². The number of aryl methyl sites for hydroxylation is 1. The third-order valence-corrected chi connectivity index (χ3v) is 3.22. The first-order valence-electron chi connectivity index (χ1n) is 5.88. The van der Waals surface area contributed by atoms with Crippen molar-refractivity contribution in [2.24, 2.45) is 0 Å². The molecule has 0 spiro atoms. The van der Waals surface area contributed by atoms with E-state index < -0.39 is 0 Å². The number of hydrogen-bond acceptors (Lipinski definition) is 4. The first-order valence-corrected chi connectivity index (χ1v) is 5.88. The third-order valence-electron chi connectivity index (χ3n) is 3.22. The molecule has 1 aromatic carbocycles. The molecule has 18 heavy (non-hydrogen) atoms. The zero-order chi connectivity index (χ0) is 12.5. The minimum absolute atomic E-state index is 0.231. The van der Waals surface area contributed by atoms with Crippen molar-refractivity contribution in [2.75, 3.05) is 7.11 Å². The highest BCUT2D eigenvalue weighted by Gasteiger charge is 2.33. The van der Waals surface area contributed by atoms with Gasteiger partial charge >= 0.3 is 5.97 Å². The Morgan fingerprint density at radius 1 is 1.33 bits per heavy atom. The quantitative estimate of drug-likeness (QED) is 0.752. The number of carbonyl (C=O) groups is 1. The SMILES string of the molecule is COC(=O)C1CCc2nnc(-c3ccccc3)n21. The number of benzene rings is 1. The minimum Gasteiger partial charge on any atom is -0.467 e. The fourth-order valence-electron chi connectivity index (χ4n) is 2.36. The van der Waals surface area contributed by atoms with Crippen LogP contribution in [0.15, 0.2) is 30.3 Å². The molecule has 0 bridgehead atoms. The van der Waals surface area contributed by atoms with Crippen LogP contribution in [0.4, 0.5) is 0 Å². The van der Waals surface area contributed by atoms with E-state index in [1.807, 2.05) is 34.9 Å². The maximum atomic E-state index is 11.8. The molecule has 0 N–H and O–H groups in total. The summed E-state index contributed by atoms with van der Waals surface area (Å²) < 4.78 is 6.73. The molecule has 1 atom stereocenters. The predicted molar refractivity (Wildman–Crippen MR) is 64.8 cm³/mol. The van der Waals surface area contributed by atoms with Gasteiger partial charge in [0.15, 0.2) is 5.82 Å². The molecule has 0 fully saturated rings. The summed E-state index contributed by atoms with van der Waals surface area (Å²) >= 11 is 0. The summed E-state index contributed by atoms with van der Waals surface area (Å²) in [5, 5.41) is 8.33. The molecule has 92 valence electrons. The second-order valence-electron chi connectivity index (χ2n) is 4.25. The van der Waals surface area contributed by atoms with Crippen LogP contribution in [0.5, 0.6) is 0 Å². The van der Waals surface area contributed by atoms with E-state index >= 15 is 0 Å². The topological polar surface area (TPSA) is 57.0 Å². The average molecular weight is 243 g/mol. The van der Waals surface area contributed by atoms with Gasteiger partial charge in [-0.1, -0.05) is 30.3 Å². The predicted octanol–water partition coefficient (Wildman–Crippen LogP) is 1.61. The molecule has 0 saturated heterocycles. The molecule has 5 heteroatoms. The average Bonchev–Trinajstić information content (AvgIpc) is 3.00. The molecular weight excluding hydrogens is 230 g/mol. The van der Waals surface area contributed by atoms with E-state index in [1.165, 1.54) is 7.11 Å². The Hall–Kier alpha value is -2.17. The lowest BCUT2D eigenvalue weighted by Crippen LogP contribution is -2.18. The zero-order valence-electron chi connectivity index (χ0n) is 10.0. The number of ether oxygens (including phenoxy) is 1. The third kappa shape index (κ3) is 1.59. The Morgan fingerprint density at radius 3 is 2.83 bits per heavy atom. The van der Waals surface area contributed by atoms with E-state index in [-0.39, 0.29) is 12.0 Å². The number of hydrogen-bond donors (Lipinski definition) is 0. The van der Waals surface area contributed by atoms with Gasteiger partial charge in [-0.25, -0.2) is 4.79 Å². The van der Waals surface area contributed by atoms with Crippen LogP contribution in [0.3, 0.4) is 0 Å². The Balaban J connectivity index is 2.07. The van der Waals surface area contributed by atoms with Gasteiger partial charge in [0, 0.05) is 12.0 Å². The molecule has 0 radical (unpaired) electrons. The molecule has 0 aliphatic carbocycles. The second kappa shape index (κ2) is 4.25. The number of carbonyl (C=O) groups excluding carboxylic acids is 1. The molecule has 1 aliphatic rings. The molecule has 1 aliphatic heterocycles. The Morgan fingerprint density at radius 2 is 2.11 bits per heavy atom. The van der Waals surface area contributed by atoms with Crippen LogP contribution in [0, 0.1) is 0 Å². The van der Waals surface area contributed by atoms with Crippen molar-refractivity contribution in [3.05, 3.63) is 36.2 Å². The van der Waals surface area contributed by atoms with Crippen molar-refractivity contribution in [1.82, 2.24) is 14.8 Å². The van der Waals surface area contributed by atoms with E-state index in [1.54, 1.807) is 0 Å². The maximum absolute atomic E-state index is 11.8. The lowest BCUT2D eigenvalue weighted by atomic mass is 10.2. The van der Waals surface area contributed by atoms with Crippen LogP contribution in [0.2, 0.25) is 0 Å². The van der Waals surface area contributed by atoms with Gasteiger partial charge in [-0.3, -0.25) is 4.57 Å². The lowest BCUT2D eigenvalue weighted by Gasteiger charge is -2.12. The minimum atomic E-state index is -0.296. The molecule has 1 unspecified atom stereocenters. The molecule has 3 rings (SSSR count). The number of rotatable bonds is 2. The Labute approximate surface area is 104 Å². The molecule has 2 heterocycles. The van der Waals surface area contributed by atoms with Crippen molar-refractivity contribution < 1.29 is 9.53 Å². The van der Waals surface area contributed by atoms with E-state index in [9.17, 15) is 4.79 Å². The molecule has 0 amide bonds. The van der Waals surface area contributed by atoms with Gasteiger partial charge in [0.1, 0.15) is 11.9 Å². The van der Waals surface area contributed by atoms with Crippen molar-refractivity contribution in [2.45, 2.75) is 18.9 Å². The van der Waals surface area contributed by atoms with Gasteiger partial charge < -0.3 is 4.74 Å². The molecule has 1 aromatic heterocycles. The van der Waals surface area contributed by atoms with E-state index in [4.69, 9.17) is 4.74 Å². The fourth-order valence-corrected chi connectivity index (χ4v) is 2.36. The van der Waals surface area contributed by atoms with Crippen LogP contribution in [0.1, 0.15) is 18.3 Å². The number of methoxy groups -OCH3 is 1. The summed E-state index contributed by atoms with van der Waals surface area (Å²) in [5.41, 5.74) is 0.965. The summed E-state index contributed by atoms with van der Waals surface area (Å²) in [6.45, 7) is 0. The molecule has 0 saturated carbocycles. The summed E-state index contributed by atoms with van der Waals surface area (Å²) in [4.78, 5) is 11.8. The van der Waals surface area contributed by atoms with Crippen LogP contribution in [0.25, 0.3) is 11.4 Å². The monoisotopic (exact) mass is 243 g/mol. The van der Waals surface area contributed by atoms with Crippen LogP contribution in [-0.2, 0) is 16.0 Å². The standard InChI is InChI=1S/C13H13N3O2/c1-18-13(17)10-7-8-11-14-15-12(16(10)11)9-5-3-2-4-6-9/h2-6,10H,7-8H2,1H3. The van der Waals surface area contributed by atoms with E-state index in [0.717, 1.165) is 30.1 Å². The highest BCUT2D eigenvalue weighted by Crippen LogP contribution is 2.31. The van der Waals surface area contributed by atoms with Crippen LogP contribution >= 0.6 is 0 Å². The number of aromatic nitrogens is 3. The largest absolute Gasteiger partial charge is 0.467 e. The number of esters is 1. The van der Waals surface area contributed by atoms with Crippen molar-refractivity contribution in [1.29, 1.82) is 0 Å². The van der Waals surface area contributed by atoms with Gasteiger partial charge in [-0.2, -0.15) is 0 Å². The zero-order valence-corrected chi connectivity index (χ0v) is 10.0. The number of nitrogens with zero attached hydrogens (tertiary/aromatic N) is 3. The lowest BCUT2D eigenvalue weighted by molar-refractivity contribution is -0.144. The Bertz CT molecular complexity index is 577. The second-order valence-corrected chi connectivity index (χ2v) is 4.25. The molecule has 2 aromatic rings. The molecular formula is C13H13N3O2. The van der Waals surface area contributed by atoms with Crippen molar-refractivity contribution in [3.63, 3.8) is 0 Å². The highest BCUT2D eigenvalue weighted by molar-refractivity contribution is 5.76. The smallest absolute Gasteiger partial charge is 0.328 e. The van der Waals surface area contributed by atoms with Gasteiger partial charge in [0.2, 0.25) is 0 Å². The van der Waals surface area contributed by atoms with Gasteiger partial charge in [-0.15, -0.1) is 10.2 Å². The van der Waals surface area contributed by atoms with Gasteiger partial charge in [0.05, 0.1) is 7.11 Å². The Kier molecular flexibility index (Phi) is 2.59. The summed E-state index contributed by atoms with van der Waals surface area (Å²) in [6.07, 6.45) is 1.50. The first kappa shape index (κ1) is 11.0. The van der Waals surface area contributed by atoms with Gasteiger partial charge in [0.25, 0.3) is 0 Å². The first-order chi connectivity index (χ1) is 8.81. The number of fused-ring (bicyclic) bond motifs is 1. The fraction of sp³-hybridized carbons (Fsp3) is 0.308. The normalized spacial score (nSPS) is 17.5. The maximum Gasteiger partial charge on any atom is 0.328 e. The van der Waals surface area contributed by atoms with Crippen molar-refractivity contribution >= 4 is 5.97 Å². The van der Waals surface area contributed by atoms with Crippen molar-refractivity contribution in [3.8, 4) is 11.4 Å². The van der Waals surface area contributed by atoms with E-state index in [0.29, 0.717) is 0 Å². The van der Waals surface area contributed by atoms with Gasteiger partial charge in [-0.05, 0) is 6.42 Å². The summed E-state index contributed by atoms with van der Waals surface area (Å²) in [7, 11) is 1.41. The summed E-state index contributed by atoms with van der Waals surface area (Å²) in [6, 6.07) is 9.46. The van der Waals surface area contributed by atoms with E-state index in [2.05, 4.69) is 10.2 Å². The molecule has 5 nitrogen and oxygen atoms in total. The summed E-state index contributed by atoms with van der Waals surface area (Å²) in [5.74, 6) is 1.36. The highest BCUT2D eigenvalue weighted by atomic mass is 16.5. The van der Waals surface area contributed by atoms with Crippen LogP contribution < -0.4 is 0 Å².